The Balaban J connectivity index is 0.659. The zero-order valence-electron chi connectivity index (χ0n) is 49.7. The molecule has 4 amide bonds. The van der Waals surface area contributed by atoms with Crippen molar-refractivity contribution in [3.05, 3.63) is 128 Å². The van der Waals surface area contributed by atoms with Crippen molar-refractivity contribution in [2.75, 3.05) is 78.4 Å². The number of benzene rings is 3. The molecule has 5 heterocycles. The molecular formula is C62H77N9O12S2. The molecule has 1 saturated heterocycles. The number of thiazole rings is 1. The lowest BCUT2D eigenvalue weighted by Crippen LogP contribution is -2.58. The lowest BCUT2D eigenvalue weighted by molar-refractivity contribution is -0.144. The highest BCUT2D eigenvalue weighted by molar-refractivity contribution is 7.15. The Bertz CT molecular complexity index is 3280. The zero-order chi connectivity index (χ0) is 60.8. The van der Waals surface area contributed by atoms with Crippen LogP contribution < -0.4 is 20.7 Å². The van der Waals surface area contributed by atoms with Crippen molar-refractivity contribution in [3.63, 3.8) is 0 Å². The van der Waals surface area contributed by atoms with Crippen molar-refractivity contribution in [3.8, 4) is 21.2 Å². The van der Waals surface area contributed by atoms with Crippen molar-refractivity contribution < 1.29 is 57.5 Å². The van der Waals surface area contributed by atoms with Crippen LogP contribution in [0.2, 0.25) is 0 Å². The van der Waals surface area contributed by atoms with Crippen LogP contribution in [-0.2, 0) is 54.1 Å². The number of amides is 4. The molecule has 5 atom stereocenters. The van der Waals surface area contributed by atoms with E-state index in [1.807, 2.05) is 124 Å². The Morgan fingerprint density at radius 3 is 2.07 bits per heavy atom. The predicted octanol–water partition coefficient (Wildman–Crippen LogP) is 7.53. The van der Waals surface area contributed by atoms with E-state index in [4.69, 9.17) is 33.4 Å². The topological polar surface area (TPSA) is 256 Å². The predicted molar refractivity (Wildman–Crippen MR) is 323 cm³/mol. The van der Waals surface area contributed by atoms with Gasteiger partial charge in [-0.15, -0.1) is 32.9 Å². The first kappa shape index (κ1) is 63.8. The molecule has 0 unspecified atom stereocenters. The van der Waals surface area contributed by atoms with Crippen molar-refractivity contribution in [1.82, 2.24) is 35.3 Å². The molecule has 3 aromatic carbocycles. The molecule has 85 heavy (non-hydrogen) atoms. The van der Waals surface area contributed by atoms with Crippen LogP contribution in [-0.4, -0.2) is 156 Å². The van der Waals surface area contributed by atoms with Crippen molar-refractivity contribution in [1.29, 1.82) is 0 Å². The number of aliphatic hydroxyl groups is 1. The number of carbonyl (C=O) groups excluding carboxylic acids is 5. The number of ether oxygens (including phenoxy) is 6. The summed E-state index contributed by atoms with van der Waals surface area (Å²) in [6.45, 7) is 17.5. The third-order valence-electron chi connectivity index (χ3n) is 14.7. The molecule has 4 N–H and O–H groups in total. The lowest BCUT2D eigenvalue weighted by Gasteiger charge is -2.35. The molecule has 23 heteroatoms. The number of fused-ring (bicyclic) bond motifs is 3. The number of rotatable bonds is 28. The van der Waals surface area contributed by atoms with E-state index in [2.05, 4.69) is 45.0 Å². The number of hydrogen-bond acceptors (Lipinski definition) is 18. The number of β-amino-alcohol motifs (C(OH)–C–C–N with tert-alkyl or cyclic N) is 1. The number of methoxy groups -OCH3 is 1. The van der Waals surface area contributed by atoms with E-state index in [1.165, 1.54) is 12.0 Å². The minimum Gasteiger partial charge on any atom is -0.491 e. The van der Waals surface area contributed by atoms with Gasteiger partial charge >= 0.3 is 5.97 Å². The maximum atomic E-state index is 14.0. The highest BCUT2D eigenvalue weighted by Crippen LogP contribution is 2.40. The number of anilines is 1. The van der Waals surface area contributed by atoms with Crippen LogP contribution in [0.25, 0.3) is 15.4 Å². The van der Waals surface area contributed by atoms with Gasteiger partial charge in [-0.25, -0.2) is 4.98 Å². The van der Waals surface area contributed by atoms with E-state index >= 15 is 0 Å². The Morgan fingerprint density at radius 1 is 0.788 bits per heavy atom. The van der Waals surface area contributed by atoms with E-state index in [-0.39, 0.29) is 63.5 Å². The highest BCUT2D eigenvalue weighted by Gasteiger charge is 2.45. The highest BCUT2D eigenvalue weighted by atomic mass is 32.1. The van der Waals surface area contributed by atoms with Crippen LogP contribution >= 0.6 is 22.7 Å². The number of aromatic nitrogens is 4. The van der Waals surface area contributed by atoms with Gasteiger partial charge < -0.3 is 54.4 Å². The summed E-state index contributed by atoms with van der Waals surface area (Å²) in [5.74, 6) is 0.133. The fourth-order valence-corrected chi connectivity index (χ4v) is 12.0. The van der Waals surface area contributed by atoms with E-state index in [9.17, 15) is 29.1 Å². The maximum absolute atomic E-state index is 14.0. The SMILES string of the molecule is COC(=O)C[C@@H]1N=C(c2ccc(NC(=O)CCc3ccc(OCCOCCOCCOCCOCC(=O)N[C@H](C(=O)N4C[C@H](O)C[C@H]4C(=O)N[C@@H](C)c4ccc(-c5scnc5C)cc4)C(C)(C)C)cc3)cc2)c2c(sc(C)c2C)-n2c(C)nnc21. The Hall–Kier alpha value is -7.25. The molecule has 2 aliphatic rings. The molecule has 0 spiro atoms. The summed E-state index contributed by atoms with van der Waals surface area (Å²) >= 11 is 3.20. The van der Waals surface area contributed by atoms with Gasteiger partial charge in [0.15, 0.2) is 5.82 Å². The van der Waals surface area contributed by atoms with Gasteiger partial charge in [-0.05, 0) is 93.0 Å². The first-order valence-electron chi connectivity index (χ1n) is 28.5. The number of aliphatic imine (C=N–C) groups is 1. The second-order valence-corrected chi connectivity index (χ2v) is 24.1. The second-order valence-electron chi connectivity index (χ2n) is 22.1. The van der Waals surface area contributed by atoms with Crippen LogP contribution in [0.3, 0.4) is 0 Å². The quantitative estimate of drug-likeness (QED) is 0.0274. The summed E-state index contributed by atoms with van der Waals surface area (Å²) < 4.78 is 35.2. The number of likely N-dealkylation sites (tertiary alicyclic amines) is 1. The Kier molecular flexibility index (Phi) is 22.3. The standard InChI is InChI=1S/C62H77N9O12S2/c1-37-40(4)85-61-54(37)55(66-49(33-53(75)78-9)58-69-68-41(5)71(58)61)44-17-19-46(20-18-44)65-51(73)23-12-42-10-21-48(22-11-42)83-31-30-81-27-26-79-24-25-80-28-29-82-35-52(74)67-57(62(6,7)8)60(77)70-34-47(72)32-50(70)59(76)64-38(2)43-13-15-45(16-14-43)56-39(3)63-36-84-56/h10-11,13-22,36,38,47,49-50,57,72H,12,23-35H2,1-9H3,(H,64,76)(H,65,73)(H,67,74)/t38-,47+,49-,50-,57+/m0/s1. The van der Waals surface area contributed by atoms with Gasteiger partial charge in [-0.2, -0.15) is 0 Å². The molecule has 3 aromatic heterocycles. The van der Waals surface area contributed by atoms with Crippen LogP contribution in [0.4, 0.5) is 5.69 Å². The molecule has 6 aromatic rings. The monoisotopic (exact) mass is 1200 g/mol. The first-order valence-corrected chi connectivity index (χ1v) is 30.2. The number of esters is 1. The number of nitrogens with zero attached hydrogens (tertiary/aromatic N) is 6. The number of hydrogen-bond donors (Lipinski definition) is 4. The van der Waals surface area contributed by atoms with Crippen LogP contribution in [0.5, 0.6) is 5.75 Å². The van der Waals surface area contributed by atoms with E-state index < -0.39 is 47.4 Å². The first-order chi connectivity index (χ1) is 40.8. The minimum absolute atomic E-state index is 0.0135. The minimum atomic E-state index is -0.984. The molecule has 0 bridgehead atoms. The third kappa shape index (κ3) is 16.8. The third-order valence-corrected chi connectivity index (χ3v) is 16.9. The number of nitrogens with one attached hydrogen (secondary N) is 3. The molecule has 454 valence electrons. The van der Waals surface area contributed by atoms with Crippen LogP contribution in [0, 0.1) is 33.1 Å². The molecule has 0 aliphatic carbocycles. The molecule has 1 fully saturated rings. The summed E-state index contributed by atoms with van der Waals surface area (Å²) in [6.07, 6.45) is 0.0319. The normalized spacial score (nSPS) is 16.4. The summed E-state index contributed by atoms with van der Waals surface area (Å²) in [7, 11) is 1.36. The van der Waals surface area contributed by atoms with Gasteiger partial charge in [0, 0.05) is 41.1 Å². The van der Waals surface area contributed by atoms with Crippen molar-refractivity contribution in [2.45, 2.75) is 111 Å². The Labute approximate surface area is 503 Å². The number of carbonyl (C=O) groups is 5. The average molecular weight is 1200 g/mol. The van der Waals surface area contributed by atoms with E-state index in [0.717, 1.165) is 59.5 Å². The summed E-state index contributed by atoms with van der Waals surface area (Å²) in [4.78, 5) is 79.3. The molecule has 2 aliphatic heterocycles. The largest absolute Gasteiger partial charge is 0.491 e. The van der Waals surface area contributed by atoms with Gasteiger partial charge in [0.05, 0.1) is 93.7 Å². The molecular weight excluding hydrogens is 1130 g/mol. The fourth-order valence-electron chi connectivity index (χ4n) is 9.97. The van der Waals surface area contributed by atoms with Gasteiger partial charge in [0.1, 0.15) is 47.9 Å². The molecule has 0 radical (unpaired) electrons. The number of aliphatic hydroxyl groups excluding tert-OH is 1. The average Bonchev–Trinajstić information content (AvgIpc) is 1.72. The lowest BCUT2D eigenvalue weighted by atomic mass is 9.85. The second kappa shape index (κ2) is 29.7. The van der Waals surface area contributed by atoms with Crippen molar-refractivity contribution in [2.24, 2.45) is 10.4 Å². The van der Waals surface area contributed by atoms with Crippen LogP contribution in [0.15, 0.2) is 83.3 Å². The van der Waals surface area contributed by atoms with Crippen molar-refractivity contribution >= 4 is 63.7 Å². The maximum Gasteiger partial charge on any atom is 0.308 e. The summed E-state index contributed by atoms with van der Waals surface area (Å²) in [5, 5.41) is 29.2. The van der Waals surface area contributed by atoms with Crippen LogP contribution in [0.1, 0.15) is 109 Å². The van der Waals surface area contributed by atoms with Gasteiger partial charge in [-0.3, -0.25) is 33.5 Å². The smallest absolute Gasteiger partial charge is 0.308 e. The fraction of sp³-hybridized carbons (Fsp3) is 0.468. The molecule has 0 saturated carbocycles. The van der Waals surface area contributed by atoms with Gasteiger partial charge in [0.25, 0.3) is 0 Å². The number of aryl methyl sites for hydroxylation is 4. The van der Waals surface area contributed by atoms with Gasteiger partial charge in [-0.1, -0.05) is 69.3 Å². The summed E-state index contributed by atoms with van der Waals surface area (Å²) in [5.41, 5.74) is 9.26. The van der Waals surface area contributed by atoms with Gasteiger partial charge in [0.2, 0.25) is 23.6 Å². The van der Waals surface area contributed by atoms with E-state index in [0.29, 0.717) is 69.1 Å². The zero-order valence-corrected chi connectivity index (χ0v) is 51.4. The van der Waals surface area contributed by atoms with E-state index in [1.54, 1.807) is 22.7 Å². The molecule has 21 nitrogen and oxygen atoms in total. The summed E-state index contributed by atoms with van der Waals surface area (Å²) in [6, 6.07) is 20.2. The molecule has 8 rings (SSSR count). The Morgan fingerprint density at radius 2 is 1.44 bits per heavy atom. The number of thiophene rings is 1.